The summed E-state index contributed by atoms with van der Waals surface area (Å²) in [6, 6.07) is 9.40. The summed E-state index contributed by atoms with van der Waals surface area (Å²) in [6.45, 7) is 10.6. The minimum absolute atomic E-state index is 0.00564. The van der Waals surface area contributed by atoms with Gasteiger partial charge in [-0.2, -0.15) is 8.62 Å². The van der Waals surface area contributed by atoms with E-state index >= 15 is 0 Å². The molecule has 10 rings (SSSR count). The molecule has 7 heterocycles. The third-order valence-corrected chi connectivity index (χ3v) is 25.5. The molecule has 0 aliphatic carbocycles. The molecule has 5 aromatic rings. The minimum Gasteiger partial charge on any atom is -0.478 e. The molecule has 37 heteroatoms. The number of nitrogen functional groups attached to an aromatic ring is 1. The zero-order chi connectivity index (χ0) is 75.8. The van der Waals surface area contributed by atoms with E-state index in [-0.39, 0.29) is 86.5 Å². The first-order valence-corrected chi connectivity index (χ1v) is 44.6. The molecular weight excluding hydrogens is 1520 g/mol. The van der Waals surface area contributed by atoms with Crippen molar-refractivity contribution in [3.8, 4) is 23.3 Å². The Balaban J connectivity index is 0.575. The molecule has 3 aromatic carbocycles. The number of amides is 1. The maximum Gasteiger partial charge on any atom is 0.490 e. The van der Waals surface area contributed by atoms with Crippen LogP contribution in [0.4, 0.5) is 16.3 Å². The number of phosphoric acid groups is 3. The highest BCUT2D eigenvalue weighted by Crippen LogP contribution is 2.66. The number of ketones is 1. The Morgan fingerprint density at radius 3 is 2.42 bits per heavy atom. The molecule has 6 atom stereocenters. The van der Waals surface area contributed by atoms with Crippen LogP contribution in [0, 0.1) is 11.8 Å². The van der Waals surface area contributed by atoms with Crippen LogP contribution in [0.1, 0.15) is 164 Å². The molecule has 106 heavy (non-hydrogen) atoms. The lowest BCUT2D eigenvalue weighted by atomic mass is 9.82. The fourth-order valence-corrected chi connectivity index (χ4v) is 19.0. The van der Waals surface area contributed by atoms with Gasteiger partial charge >= 0.3 is 41.5 Å². The zero-order valence-electron chi connectivity index (χ0n) is 59.4. The van der Waals surface area contributed by atoms with Gasteiger partial charge < -0.3 is 83.5 Å². The topological polar surface area (TPSA) is 406 Å². The van der Waals surface area contributed by atoms with Gasteiger partial charge in [0.15, 0.2) is 5.78 Å². The molecule has 2 aromatic heterocycles. The van der Waals surface area contributed by atoms with Gasteiger partial charge in [-0.25, -0.2) is 37.8 Å². The van der Waals surface area contributed by atoms with Crippen LogP contribution >= 0.6 is 45.1 Å². The van der Waals surface area contributed by atoms with E-state index in [0.29, 0.717) is 79.2 Å². The third-order valence-electron chi connectivity index (χ3n) is 17.9. The van der Waals surface area contributed by atoms with Gasteiger partial charge in [-0.05, 0) is 124 Å². The number of hydrogen-bond donors (Lipinski definition) is 8. The summed E-state index contributed by atoms with van der Waals surface area (Å²) in [6.07, 6.45) is 11.4. The normalized spacial score (nSPS) is 18.2. The maximum absolute atomic E-state index is 14.0. The fourth-order valence-electron chi connectivity index (χ4n) is 13.2. The van der Waals surface area contributed by atoms with Crippen molar-refractivity contribution in [3.63, 3.8) is 0 Å². The average molecular weight is 1610 g/mol. The quantitative estimate of drug-likeness (QED) is 0.00260. The molecule has 0 bridgehead atoms. The van der Waals surface area contributed by atoms with Crippen molar-refractivity contribution in [2.45, 2.75) is 147 Å². The second kappa shape index (κ2) is 38.3. The molecule has 5 aliphatic rings. The first-order valence-electron chi connectivity index (χ1n) is 35.1. The number of aryl methyl sites for hydroxylation is 2. The summed E-state index contributed by atoms with van der Waals surface area (Å²) < 4.78 is 99.1. The van der Waals surface area contributed by atoms with E-state index in [1.54, 1.807) is 56.8 Å². The van der Waals surface area contributed by atoms with Crippen molar-refractivity contribution in [2.24, 2.45) is 0 Å². The van der Waals surface area contributed by atoms with Gasteiger partial charge in [0.2, 0.25) is 5.36 Å². The smallest absolute Gasteiger partial charge is 0.478 e. The van der Waals surface area contributed by atoms with Gasteiger partial charge in [-0.1, -0.05) is 62.3 Å². The lowest BCUT2D eigenvalue weighted by Crippen LogP contribution is -2.45. The molecule has 0 saturated carbocycles. The Labute approximate surface area is 628 Å². The zero-order valence-corrected chi connectivity index (χ0v) is 65.4. The monoisotopic (exact) mass is 1610 g/mol. The van der Waals surface area contributed by atoms with Crippen molar-refractivity contribution < 1.29 is 109 Å². The van der Waals surface area contributed by atoms with Crippen molar-refractivity contribution in [1.82, 2.24) is 24.4 Å². The number of unbranched alkanes of at least 4 members (excludes halogenated alkanes) is 1. The van der Waals surface area contributed by atoms with E-state index in [9.17, 15) is 47.8 Å². The predicted octanol–water partition coefficient (Wildman–Crippen LogP) is 8.84. The predicted molar refractivity (Wildman–Crippen MR) is 402 cm³/mol. The number of carboxylic acid groups (broad SMARTS) is 1. The van der Waals surface area contributed by atoms with Crippen LogP contribution in [-0.2, 0) is 111 Å². The number of ether oxygens (including phenoxy) is 8. The number of carbonyl (C=O) groups is 4. The van der Waals surface area contributed by atoms with E-state index < -0.39 is 76.0 Å². The number of anilines is 2. The van der Waals surface area contributed by atoms with Gasteiger partial charge in [-0.15, -0.1) is 0 Å². The van der Waals surface area contributed by atoms with Crippen LogP contribution in [0.15, 0.2) is 42.9 Å². The second-order valence-corrected chi connectivity index (χ2v) is 36.8. The van der Waals surface area contributed by atoms with E-state index in [4.69, 9.17) is 69.1 Å². The van der Waals surface area contributed by atoms with E-state index in [1.165, 1.54) is 28.4 Å². The number of esters is 1. The lowest BCUT2D eigenvalue weighted by molar-refractivity contribution is -0.143. The molecule has 1 amide bonds. The molecule has 1 saturated heterocycles. The largest absolute Gasteiger partial charge is 0.490 e. The van der Waals surface area contributed by atoms with Crippen molar-refractivity contribution in [3.05, 3.63) is 104 Å². The summed E-state index contributed by atoms with van der Waals surface area (Å²) >= 11 is 5.25. The summed E-state index contributed by atoms with van der Waals surface area (Å²) in [5, 5.41) is 19.7. The number of Topliss-reactive ketones (excluding diaryl/α,β-unsaturated/α-hetero) is 1. The Hall–Kier alpha value is -5.73. The molecule has 0 radical (unpaired) electrons. The van der Waals surface area contributed by atoms with E-state index in [1.807, 2.05) is 0 Å². The Bertz CT molecular complexity index is 4430. The first-order chi connectivity index (χ1) is 50.7. The second-order valence-electron chi connectivity index (χ2n) is 26.4. The van der Waals surface area contributed by atoms with Gasteiger partial charge in [-0.3, -0.25) is 14.1 Å². The number of benzene rings is 3. The number of phosphoric ester groups is 1. The Kier molecular flexibility index (Phi) is 29.9. The minimum atomic E-state index is -5.77. The highest BCUT2D eigenvalue weighted by molar-refractivity contribution is 8.77. The number of nitrogens with zero attached hydrogens (tertiary/aromatic N) is 4. The standard InChI is InChI=1S/C69H90N7O23P3S4/c1-5-14-49-61-45(16-10-24-71-61)36-52-60(53-37-46-17-11-26-75-27-12-18-50(62(46)75)64(53)97-63(49)52)51-35-44(21-22-48(51)67(79)80)54(77)19-13-29-89-33-34-90-32-25-72-68(81)93-31-23-69(2,3)105-104-42-91-28-8-9-30-92-58(78)20-7-6-15-47-39-76(66-59(47)65(70)73-41-74-66)57-38-55(94-43-106(4)103)56(96-57)40-95-101(85,86)99-102(87,88)98-100(82,83)84/h21-22,35-37,39,41,55-57H,5,7-14,16-20,23-34,38,40,42-43H2,1-4H3,(H8,70,72,73,74,79,80,81,82,83,84,85,86,87,88)/p+1/t55-,56+,57+,106?/m0/s1. The highest BCUT2D eigenvalue weighted by Gasteiger charge is 2.44. The Morgan fingerprint density at radius 2 is 1.65 bits per heavy atom. The van der Waals surface area contributed by atoms with Gasteiger partial charge in [0, 0.05) is 108 Å². The highest BCUT2D eigenvalue weighted by atomic mass is 33.1. The Morgan fingerprint density at radius 1 is 0.887 bits per heavy atom. The van der Waals surface area contributed by atoms with Crippen LogP contribution < -0.4 is 36.3 Å². The summed E-state index contributed by atoms with van der Waals surface area (Å²) in [4.78, 5) is 98.1. The molecule has 5 aliphatic heterocycles. The summed E-state index contributed by atoms with van der Waals surface area (Å²) in [5.41, 5.74) is 15.6. The molecule has 578 valence electrons. The number of alkyl carbamates (subject to hydrolysis) is 1. The van der Waals surface area contributed by atoms with Gasteiger partial charge in [0.25, 0.3) is 0 Å². The van der Waals surface area contributed by atoms with E-state index in [2.05, 4.69) is 78.5 Å². The number of aromatic nitrogens is 3. The number of nitrogens with two attached hydrogens (primary N) is 1. The number of nitrogens with one attached hydrogen (secondary N) is 2. The SMILES string of the molecule is CCCc1c2c(cc3c1Oc1c4c5c(cc1=C3c1cc(C(=O)CCCOCCOCCNC(=O)OCCC(C)(C)SSCOCCCCOC(=O)CCC#Cc3cn([C@H]6C[C@H](OCS(C)=S)[C@@H](COP(=O)(O)OP(=O)(O)OP(=O)(O)O)O6)c6ncnc(N)c36)ccc1C(=O)O)CCC[N+]=5CCC4)CCCN2. The molecule has 0 spiro atoms. The number of fused-ring (bicyclic) bond motifs is 5. The number of carbonyl (C=O) groups excluding carboxylic acids is 3. The van der Waals surface area contributed by atoms with E-state index in [0.717, 1.165) is 110 Å². The van der Waals surface area contributed by atoms with Crippen LogP contribution in [-0.4, -0.2) is 177 Å². The molecule has 1 fully saturated rings. The number of carboxylic acids is 1. The van der Waals surface area contributed by atoms with Crippen LogP contribution in [0.3, 0.4) is 0 Å². The lowest BCUT2D eigenvalue weighted by Gasteiger charge is -2.31. The van der Waals surface area contributed by atoms with Crippen molar-refractivity contribution in [2.75, 3.05) is 108 Å². The summed E-state index contributed by atoms with van der Waals surface area (Å²) in [7, 11) is -14.3. The molecule has 9 N–H and O–H groups in total. The molecular formula is C69H91N7O23P3S4+. The van der Waals surface area contributed by atoms with Gasteiger partial charge in [0.1, 0.15) is 60.7 Å². The number of rotatable bonds is 40. The van der Waals surface area contributed by atoms with Crippen molar-refractivity contribution in [1.29, 1.82) is 0 Å². The fraction of sp³-hybridized carbons (Fsp3) is 0.551. The number of aromatic carboxylic acids is 1. The van der Waals surface area contributed by atoms with Crippen LogP contribution in [0.5, 0.6) is 11.5 Å². The average Bonchev–Trinajstić information content (AvgIpc) is 1.03. The first kappa shape index (κ1) is 82.8. The number of hydrogen-bond acceptors (Lipinski definition) is 25. The maximum atomic E-state index is 14.0. The molecule has 3 unspecified atom stereocenters. The third kappa shape index (κ3) is 22.7. The van der Waals surface area contributed by atoms with Crippen molar-refractivity contribution >= 4 is 118 Å². The van der Waals surface area contributed by atoms with Crippen LogP contribution in [0.2, 0.25) is 0 Å². The summed E-state index contributed by atoms with van der Waals surface area (Å²) in [5.74, 6) is 6.54. The van der Waals surface area contributed by atoms with Crippen LogP contribution in [0.25, 0.3) is 16.6 Å². The van der Waals surface area contributed by atoms with Gasteiger partial charge in [0.05, 0.1) is 80.2 Å². The molecule has 30 nitrogen and oxygen atoms in total.